The molecule has 0 amide bonds. The van der Waals surface area contributed by atoms with Gasteiger partial charge in [-0.3, -0.25) is 0 Å². The zero-order valence-electron chi connectivity index (χ0n) is 10.4. The standard InChI is InChI=1S/C14H17N2.ClH/c1-12-8-10-16(11-9-12)14-6-4-13(5-7-14)15(2)3;/h4-11H,1-3H3;1H/q+1;/p-1. The Bertz CT molecular complexity index is 461. The first-order chi connectivity index (χ1) is 7.66. The first kappa shape index (κ1) is 13.5. The number of hydrogen-bond donors (Lipinski definition) is 0. The third kappa shape index (κ3) is 3.21. The maximum atomic E-state index is 2.13. The number of anilines is 1. The van der Waals surface area contributed by atoms with E-state index in [1.807, 2.05) is 14.1 Å². The van der Waals surface area contributed by atoms with Gasteiger partial charge in [0.25, 0.3) is 0 Å². The molecule has 0 atom stereocenters. The van der Waals surface area contributed by atoms with Crippen molar-refractivity contribution in [3.8, 4) is 5.69 Å². The van der Waals surface area contributed by atoms with Crippen molar-refractivity contribution in [2.75, 3.05) is 19.0 Å². The average molecular weight is 249 g/mol. The SMILES string of the molecule is Cc1cc[n+](-c2ccc(N(C)C)cc2)cc1.[Cl-]. The molecule has 0 unspecified atom stereocenters. The van der Waals surface area contributed by atoms with Crippen LogP contribution in [0, 0.1) is 6.92 Å². The molecular formula is C14H17ClN2. The number of hydrogen-bond acceptors (Lipinski definition) is 1. The molecule has 3 heteroatoms. The van der Waals surface area contributed by atoms with Crippen LogP contribution in [0.25, 0.3) is 5.69 Å². The lowest BCUT2D eigenvalue weighted by Crippen LogP contribution is -3.00. The van der Waals surface area contributed by atoms with Crippen LogP contribution in [0.5, 0.6) is 0 Å². The molecule has 90 valence electrons. The van der Waals surface area contributed by atoms with E-state index in [9.17, 15) is 0 Å². The van der Waals surface area contributed by atoms with Crippen molar-refractivity contribution in [3.05, 3.63) is 54.4 Å². The topological polar surface area (TPSA) is 7.12 Å². The van der Waals surface area contributed by atoms with Crippen LogP contribution >= 0.6 is 0 Å². The van der Waals surface area contributed by atoms with E-state index < -0.39 is 0 Å². The van der Waals surface area contributed by atoms with Gasteiger partial charge in [0.1, 0.15) is 0 Å². The summed E-state index contributed by atoms with van der Waals surface area (Å²) in [5.41, 5.74) is 3.68. The van der Waals surface area contributed by atoms with E-state index >= 15 is 0 Å². The van der Waals surface area contributed by atoms with Gasteiger partial charge in [-0.15, -0.1) is 0 Å². The van der Waals surface area contributed by atoms with Crippen LogP contribution in [0.4, 0.5) is 5.69 Å². The first-order valence-electron chi connectivity index (χ1n) is 5.42. The molecule has 1 aromatic carbocycles. The number of benzene rings is 1. The molecule has 1 heterocycles. The Morgan fingerprint density at radius 2 is 1.41 bits per heavy atom. The van der Waals surface area contributed by atoms with Gasteiger partial charge in [0, 0.05) is 44.0 Å². The van der Waals surface area contributed by atoms with Crippen molar-refractivity contribution >= 4 is 5.69 Å². The highest BCUT2D eigenvalue weighted by atomic mass is 35.5. The van der Waals surface area contributed by atoms with E-state index in [2.05, 4.69) is 65.2 Å². The van der Waals surface area contributed by atoms with Crippen LogP contribution in [0.15, 0.2) is 48.8 Å². The monoisotopic (exact) mass is 248 g/mol. The summed E-state index contributed by atoms with van der Waals surface area (Å²) in [6.07, 6.45) is 4.17. The maximum Gasteiger partial charge on any atom is 0.210 e. The lowest BCUT2D eigenvalue weighted by atomic mass is 10.2. The summed E-state index contributed by atoms with van der Waals surface area (Å²) in [6, 6.07) is 12.7. The minimum absolute atomic E-state index is 0. The van der Waals surface area contributed by atoms with Crippen molar-refractivity contribution in [2.24, 2.45) is 0 Å². The molecule has 0 fully saturated rings. The van der Waals surface area contributed by atoms with Crippen LogP contribution < -0.4 is 21.9 Å². The molecule has 0 aliphatic heterocycles. The van der Waals surface area contributed by atoms with Gasteiger partial charge in [0.2, 0.25) is 5.69 Å². The van der Waals surface area contributed by atoms with Crippen LogP contribution in [0.2, 0.25) is 0 Å². The number of aryl methyl sites for hydroxylation is 1. The Balaban J connectivity index is 0.00000144. The molecule has 0 N–H and O–H groups in total. The highest BCUT2D eigenvalue weighted by molar-refractivity contribution is 5.47. The quantitative estimate of drug-likeness (QED) is 0.641. The number of nitrogens with zero attached hydrogens (tertiary/aromatic N) is 2. The summed E-state index contributed by atoms with van der Waals surface area (Å²) < 4.78 is 2.12. The van der Waals surface area contributed by atoms with Crippen molar-refractivity contribution in [1.82, 2.24) is 0 Å². The van der Waals surface area contributed by atoms with Crippen LogP contribution in [0.1, 0.15) is 5.56 Å². The van der Waals surface area contributed by atoms with Crippen LogP contribution in [0.3, 0.4) is 0 Å². The molecule has 0 bridgehead atoms. The number of rotatable bonds is 2. The van der Waals surface area contributed by atoms with Crippen molar-refractivity contribution in [3.63, 3.8) is 0 Å². The van der Waals surface area contributed by atoms with Gasteiger partial charge in [-0.05, 0) is 24.6 Å². The fourth-order valence-corrected chi connectivity index (χ4v) is 1.60. The van der Waals surface area contributed by atoms with Crippen molar-refractivity contribution in [2.45, 2.75) is 6.92 Å². The highest BCUT2D eigenvalue weighted by Crippen LogP contribution is 2.11. The van der Waals surface area contributed by atoms with Gasteiger partial charge in [-0.1, -0.05) is 0 Å². The first-order valence-corrected chi connectivity index (χ1v) is 5.42. The Kier molecular flexibility index (Phi) is 4.53. The van der Waals surface area contributed by atoms with Gasteiger partial charge in [0.05, 0.1) is 0 Å². The van der Waals surface area contributed by atoms with Crippen molar-refractivity contribution in [1.29, 1.82) is 0 Å². The smallest absolute Gasteiger partial charge is 0.210 e. The molecule has 2 rings (SSSR count). The van der Waals surface area contributed by atoms with Gasteiger partial charge in [-0.25, -0.2) is 0 Å². The zero-order chi connectivity index (χ0) is 11.5. The minimum Gasteiger partial charge on any atom is -1.00 e. The van der Waals surface area contributed by atoms with Crippen LogP contribution in [-0.4, -0.2) is 14.1 Å². The molecule has 0 saturated heterocycles. The number of aromatic nitrogens is 1. The molecule has 2 aromatic rings. The molecular weight excluding hydrogens is 232 g/mol. The van der Waals surface area contributed by atoms with E-state index in [1.54, 1.807) is 0 Å². The molecule has 0 radical (unpaired) electrons. The van der Waals surface area contributed by atoms with Gasteiger partial charge >= 0.3 is 0 Å². The minimum atomic E-state index is 0. The summed E-state index contributed by atoms with van der Waals surface area (Å²) in [7, 11) is 4.10. The third-order valence-corrected chi connectivity index (χ3v) is 2.66. The fraction of sp³-hybridized carbons (Fsp3) is 0.214. The Labute approximate surface area is 109 Å². The number of halogens is 1. The summed E-state index contributed by atoms with van der Waals surface area (Å²) in [5.74, 6) is 0. The second kappa shape index (κ2) is 5.69. The van der Waals surface area contributed by atoms with E-state index in [1.165, 1.54) is 16.9 Å². The molecule has 2 nitrogen and oxygen atoms in total. The average Bonchev–Trinajstić information content (AvgIpc) is 2.30. The normalized spacial score (nSPS) is 9.59. The van der Waals surface area contributed by atoms with E-state index in [4.69, 9.17) is 0 Å². The number of pyridine rings is 1. The Hall–Kier alpha value is -1.54. The largest absolute Gasteiger partial charge is 1.00 e. The summed E-state index contributed by atoms with van der Waals surface area (Å²) in [4.78, 5) is 2.10. The lowest BCUT2D eigenvalue weighted by molar-refractivity contribution is -0.595. The van der Waals surface area contributed by atoms with E-state index in [0.717, 1.165) is 0 Å². The van der Waals surface area contributed by atoms with Crippen molar-refractivity contribution < 1.29 is 17.0 Å². The molecule has 1 aromatic heterocycles. The highest BCUT2D eigenvalue weighted by Gasteiger charge is 2.04. The molecule has 0 aliphatic rings. The lowest BCUT2D eigenvalue weighted by Gasteiger charge is -2.11. The molecule has 0 aliphatic carbocycles. The zero-order valence-corrected chi connectivity index (χ0v) is 11.1. The van der Waals surface area contributed by atoms with E-state index in [-0.39, 0.29) is 12.4 Å². The van der Waals surface area contributed by atoms with Gasteiger partial charge in [0.15, 0.2) is 12.4 Å². The Morgan fingerprint density at radius 3 is 1.88 bits per heavy atom. The van der Waals surface area contributed by atoms with E-state index in [0.29, 0.717) is 0 Å². The maximum absolute atomic E-state index is 2.13. The second-order valence-corrected chi connectivity index (χ2v) is 4.19. The van der Waals surface area contributed by atoms with Gasteiger partial charge < -0.3 is 17.3 Å². The summed E-state index contributed by atoms with van der Waals surface area (Å²) in [6.45, 7) is 2.10. The predicted octanol–water partition coefficient (Wildman–Crippen LogP) is -0.658. The molecule has 0 saturated carbocycles. The second-order valence-electron chi connectivity index (χ2n) is 4.19. The van der Waals surface area contributed by atoms with Gasteiger partial charge in [-0.2, -0.15) is 4.57 Å². The fourth-order valence-electron chi connectivity index (χ4n) is 1.60. The summed E-state index contributed by atoms with van der Waals surface area (Å²) >= 11 is 0. The summed E-state index contributed by atoms with van der Waals surface area (Å²) in [5, 5.41) is 0. The predicted molar refractivity (Wildman–Crippen MR) is 67.0 cm³/mol. The molecule has 0 spiro atoms. The molecule has 17 heavy (non-hydrogen) atoms. The third-order valence-electron chi connectivity index (χ3n) is 2.66. The van der Waals surface area contributed by atoms with Crippen LogP contribution in [-0.2, 0) is 0 Å². The Morgan fingerprint density at radius 1 is 0.882 bits per heavy atom.